The fourth-order valence-corrected chi connectivity index (χ4v) is 4.34. The van der Waals surface area contributed by atoms with Gasteiger partial charge in [-0.05, 0) is 44.6 Å². The molecule has 4 rings (SSSR count). The molecule has 1 fully saturated rings. The van der Waals surface area contributed by atoms with Crippen LogP contribution in [0.4, 0.5) is 11.4 Å². The number of amides is 1. The van der Waals surface area contributed by atoms with E-state index in [2.05, 4.69) is 27.8 Å². The van der Waals surface area contributed by atoms with Crippen LogP contribution in [0.5, 0.6) is 0 Å². The van der Waals surface area contributed by atoms with Crippen LogP contribution in [0.3, 0.4) is 0 Å². The Labute approximate surface area is 182 Å². The molecule has 8 heteroatoms. The fraction of sp³-hybridized carbons (Fsp3) is 0.522. The van der Waals surface area contributed by atoms with E-state index in [9.17, 15) is 9.59 Å². The van der Waals surface area contributed by atoms with E-state index in [1.54, 1.807) is 10.8 Å². The molecule has 1 aliphatic carbocycles. The van der Waals surface area contributed by atoms with Crippen molar-refractivity contribution in [2.75, 3.05) is 37.5 Å². The average molecular weight is 427 g/mol. The molecule has 2 aromatic rings. The van der Waals surface area contributed by atoms with Gasteiger partial charge < -0.3 is 24.7 Å². The first-order valence-electron chi connectivity index (χ1n) is 11.0. The molecule has 31 heavy (non-hydrogen) atoms. The molecular formula is C23H30N4O4. The van der Waals surface area contributed by atoms with Crippen molar-refractivity contribution in [2.45, 2.75) is 39.2 Å². The zero-order chi connectivity index (χ0) is 21.8. The van der Waals surface area contributed by atoms with Gasteiger partial charge in [-0.15, -0.1) is 0 Å². The number of aromatic nitrogens is 2. The summed E-state index contributed by atoms with van der Waals surface area (Å²) in [5.74, 6) is -0.279. The highest BCUT2D eigenvalue weighted by molar-refractivity contribution is 6.11. The predicted octanol–water partition coefficient (Wildman–Crippen LogP) is 3.59. The van der Waals surface area contributed by atoms with E-state index in [0.717, 1.165) is 30.5 Å². The monoisotopic (exact) mass is 426 g/mol. The molecular weight excluding hydrogens is 396 g/mol. The van der Waals surface area contributed by atoms with Crippen LogP contribution in [-0.2, 0) is 20.8 Å². The normalized spacial score (nSPS) is 20.7. The Bertz CT molecular complexity index is 991. The topological polar surface area (TPSA) is 94.5 Å². The molecule has 0 spiro atoms. The molecule has 2 N–H and O–H groups in total. The highest BCUT2D eigenvalue weighted by Gasteiger charge is 2.29. The molecule has 2 aliphatic rings. The summed E-state index contributed by atoms with van der Waals surface area (Å²) < 4.78 is 12.2. The van der Waals surface area contributed by atoms with Crippen molar-refractivity contribution in [3.63, 3.8) is 0 Å². The molecule has 1 saturated heterocycles. The van der Waals surface area contributed by atoms with Gasteiger partial charge in [-0.25, -0.2) is 9.78 Å². The summed E-state index contributed by atoms with van der Waals surface area (Å²) in [5.41, 5.74) is 2.28. The highest BCUT2D eigenvalue weighted by atomic mass is 16.5. The van der Waals surface area contributed by atoms with Gasteiger partial charge in [0, 0.05) is 25.1 Å². The van der Waals surface area contributed by atoms with Crippen molar-refractivity contribution in [3.05, 3.63) is 30.1 Å². The number of esters is 1. The van der Waals surface area contributed by atoms with Crippen LogP contribution in [-0.4, -0.2) is 48.3 Å². The number of carbonyl (C=O) groups is 2. The number of allylic oxidation sites excluding steroid dienone is 2. The number of rotatable bonds is 7. The Morgan fingerprint density at radius 1 is 1.32 bits per heavy atom. The van der Waals surface area contributed by atoms with Gasteiger partial charge in [0.1, 0.15) is 5.65 Å². The molecule has 0 aromatic carbocycles. The number of nitrogens with one attached hydrogen (secondary N) is 2. The lowest BCUT2D eigenvalue weighted by molar-refractivity contribution is -0.119. The van der Waals surface area contributed by atoms with Crippen molar-refractivity contribution in [2.24, 2.45) is 11.8 Å². The predicted molar refractivity (Wildman–Crippen MR) is 119 cm³/mol. The number of hydrogen-bond donors (Lipinski definition) is 2. The van der Waals surface area contributed by atoms with Crippen molar-refractivity contribution < 1.29 is 19.1 Å². The van der Waals surface area contributed by atoms with Crippen molar-refractivity contribution >= 4 is 34.3 Å². The summed E-state index contributed by atoms with van der Waals surface area (Å²) in [7, 11) is 1.34. The number of fused-ring (bicyclic) bond motifs is 1. The van der Waals surface area contributed by atoms with E-state index in [0.29, 0.717) is 49.1 Å². The van der Waals surface area contributed by atoms with Crippen molar-refractivity contribution in [3.8, 4) is 0 Å². The summed E-state index contributed by atoms with van der Waals surface area (Å²) in [6.07, 6.45) is 10.3. The largest absolute Gasteiger partial charge is 0.464 e. The third-order valence-electron chi connectivity index (χ3n) is 6.11. The number of methoxy groups -OCH3 is 1. The van der Waals surface area contributed by atoms with E-state index in [1.807, 2.05) is 13.0 Å². The zero-order valence-electron chi connectivity index (χ0n) is 18.1. The molecule has 2 atom stereocenters. The van der Waals surface area contributed by atoms with Crippen LogP contribution in [0.25, 0.3) is 11.0 Å². The van der Waals surface area contributed by atoms with Crippen molar-refractivity contribution in [1.29, 1.82) is 0 Å². The number of hydrogen-bond acceptors (Lipinski definition) is 6. The molecule has 2 unspecified atom stereocenters. The molecule has 0 radical (unpaired) electrons. The van der Waals surface area contributed by atoms with Crippen molar-refractivity contribution in [1.82, 2.24) is 9.55 Å². The quantitative estimate of drug-likeness (QED) is 0.519. The minimum Gasteiger partial charge on any atom is -0.464 e. The van der Waals surface area contributed by atoms with Gasteiger partial charge >= 0.3 is 5.97 Å². The van der Waals surface area contributed by atoms with Gasteiger partial charge in [0.15, 0.2) is 5.69 Å². The zero-order valence-corrected chi connectivity index (χ0v) is 18.1. The first-order chi connectivity index (χ1) is 15.1. The molecule has 1 aliphatic heterocycles. The maximum absolute atomic E-state index is 12.8. The lowest BCUT2D eigenvalue weighted by Gasteiger charge is -2.18. The second-order valence-corrected chi connectivity index (χ2v) is 8.14. The first-order valence-corrected chi connectivity index (χ1v) is 11.0. The van der Waals surface area contributed by atoms with Gasteiger partial charge in [-0.1, -0.05) is 12.2 Å². The van der Waals surface area contributed by atoms with Gasteiger partial charge in [0.2, 0.25) is 5.91 Å². The summed E-state index contributed by atoms with van der Waals surface area (Å²) in [4.78, 5) is 30.1. The highest BCUT2D eigenvalue weighted by Crippen LogP contribution is 2.33. The van der Waals surface area contributed by atoms with Crippen LogP contribution < -0.4 is 10.6 Å². The van der Waals surface area contributed by atoms with Crippen LogP contribution in [0.2, 0.25) is 0 Å². The standard InChI is InChI=1S/C23H30N4O4/c1-3-27-20(23(29)30-2)19(26-22(28)16-9-10-31-14-16)18-11-17(13-25-21(18)27)24-12-15-7-5-4-6-8-15/h4-5,11,13,15-16,24H,3,6-10,12,14H2,1-2H3,(H,26,28). The maximum atomic E-state index is 12.8. The molecule has 1 amide bonds. The number of anilines is 2. The second-order valence-electron chi connectivity index (χ2n) is 8.14. The summed E-state index contributed by atoms with van der Waals surface area (Å²) >= 11 is 0. The third kappa shape index (κ3) is 4.44. The fourth-order valence-electron chi connectivity index (χ4n) is 4.34. The molecule has 0 saturated carbocycles. The van der Waals surface area contributed by atoms with Crippen LogP contribution in [0.1, 0.15) is 43.1 Å². The lowest BCUT2D eigenvalue weighted by atomic mass is 9.94. The number of ether oxygens (including phenoxy) is 2. The van der Waals surface area contributed by atoms with Gasteiger partial charge in [0.05, 0.1) is 37.2 Å². The Morgan fingerprint density at radius 3 is 2.87 bits per heavy atom. The van der Waals surface area contributed by atoms with Gasteiger partial charge in [-0.2, -0.15) is 0 Å². The third-order valence-corrected chi connectivity index (χ3v) is 6.11. The average Bonchev–Trinajstić information content (AvgIpc) is 3.44. The first kappa shape index (κ1) is 21.4. The minimum atomic E-state index is -0.499. The number of nitrogens with zero attached hydrogens (tertiary/aromatic N) is 2. The van der Waals surface area contributed by atoms with Gasteiger partial charge in [-0.3, -0.25) is 4.79 Å². The van der Waals surface area contributed by atoms with Crippen LogP contribution in [0.15, 0.2) is 24.4 Å². The Hall–Kier alpha value is -2.87. The minimum absolute atomic E-state index is 0.148. The molecule has 166 valence electrons. The second kappa shape index (κ2) is 9.51. The van der Waals surface area contributed by atoms with Crippen LogP contribution in [0, 0.1) is 11.8 Å². The molecule has 2 aromatic heterocycles. The Kier molecular flexibility index (Phi) is 6.56. The lowest BCUT2D eigenvalue weighted by Crippen LogP contribution is -2.24. The summed E-state index contributed by atoms with van der Waals surface area (Å²) in [6, 6.07) is 1.96. The molecule has 8 nitrogen and oxygen atoms in total. The number of aryl methyl sites for hydroxylation is 1. The van der Waals surface area contributed by atoms with E-state index in [1.165, 1.54) is 13.5 Å². The Morgan fingerprint density at radius 2 is 2.19 bits per heavy atom. The molecule has 3 heterocycles. The van der Waals surface area contributed by atoms with Gasteiger partial charge in [0.25, 0.3) is 0 Å². The smallest absolute Gasteiger partial charge is 0.356 e. The SMILES string of the molecule is CCn1c(C(=O)OC)c(NC(=O)C2CCOC2)c2cc(NCC3CC=CCC3)cnc21. The number of pyridine rings is 1. The Balaban J connectivity index is 1.68. The summed E-state index contributed by atoms with van der Waals surface area (Å²) in [5, 5.41) is 7.18. The summed E-state index contributed by atoms with van der Waals surface area (Å²) in [6.45, 7) is 4.29. The maximum Gasteiger partial charge on any atom is 0.356 e. The van der Waals surface area contributed by atoms with Crippen LogP contribution >= 0.6 is 0 Å². The number of carbonyl (C=O) groups excluding carboxylic acids is 2. The molecule has 0 bridgehead atoms. The van der Waals surface area contributed by atoms with E-state index >= 15 is 0 Å². The van der Waals surface area contributed by atoms with E-state index in [-0.39, 0.29) is 11.8 Å². The van der Waals surface area contributed by atoms with E-state index < -0.39 is 5.97 Å². The van der Waals surface area contributed by atoms with E-state index in [4.69, 9.17) is 9.47 Å².